The van der Waals surface area contributed by atoms with Gasteiger partial charge < -0.3 is 6.15 Å². The molecule has 2 fully saturated rings. The van der Waals surface area contributed by atoms with Gasteiger partial charge >= 0.3 is 0 Å². The van der Waals surface area contributed by atoms with Crippen molar-refractivity contribution in [1.29, 1.82) is 0 Å². The van der Waals surface area contributed by atoms with Crippen LogP contribution in [0.2, 0.25) is 0 Å². The largest absolute Gasteiger partial charge is 0.344 e. The van der Waals surface area contributed by atoms with Crippen LogP contribution < -0.4 is 6.15 Å². The maximum Gasteiger partial charge on any atom is 0.0986 e. The fraction of sp³-hybridized carbons (Fsp3) is 1.00. The van der Waals surface area contributed by atoms with Gasteiger partial charge in [-0.1, -0.05) is 0 Å². The van der Waals surface area contributed by atoms with Crippen molar-refractivity contribution in [2.24, 2.45) is 5.92 Å². The summed E-state index contributed by atoms with van der Waals surface area (Å²) in [6, 6.07) is 0. The van der Waals surface area contributed by atoms with Crippen LogP contribution in [-0.2, 0) is 9.78 Å². The summed E-state index contributed by atoms with van der Waals surface area (Å²) in [5.74, 6) is 0.769. The first-order valence-electron chi connectivity index (χ1n) is 2.25. The van der Waals surface area contributed by atoms with Crippen molar-refractivity contribution in [3.63, 3.8) is 0 Å². The number of rotatable bonds is 0. The van der Waals surface area contributed by atoms with Gasteiger partial charge in [-0.3, -0.25) is 0 Å². The molecule has 0 spiro atoms. The van der Waals surface area contributed by atoms with Gasteiger partial charge in [0.25, 0.3) is 0 Å². The van der Waals surface area contributed by atoms with Crippen LogP contribution in [0.3, 0.4) is 0 Å². The Kier molecular flexibility index (Phi) is 1.03. The second kappa shape index (κ2) is 1.43. The van der Waals surface area contributed by atoms with Crippen LogP contribution in [0.15, 0.2) is 0 Å². The lowest BCUT2D eigenvalue weighted by molar-refractivity contribution is -0.271. The van der Waals surface area contributed by atoms with E-state index in [1.165, 1.54) is 6.42 Å². The van der Waals surface area contributed by atoms with E-state index in [0.29, 0.717) is 6.10 Å². The minimum absolute atomic E-state index is 0. The molecular formula is C4H9NO2. The molecule has 42 valence electrons. The number of hydrogen-bond donors (Lipinski definition) is 1. The first kappa shape index (κ1) is 5.03. The lowest BCUT2D eigenvalue weighted by Gasteiger charge is -1.87. The quantitative estimate of drug-likeness (QED) is 0.454. The highest BCUT2D eigenvalue weighted by Crippen LogP contribution is 2.38. The van der Waals surface area contributed by atoms with Crippen molar-refractivity contribution < 1.29 is 9.78 Å². The van der Waals surface area contributed by atoms with E-state index < -0.39 is 0 Å². The summed E-state index contributed by atoms with van der Waals surface area (Å²) < 4.78 is 0. The molecule has 2 aliphatic rings. The first-order valence-corrected chi connectivity index (χ1v) is 2.25. The maximum atomic E-state index is 4.73. The molecule has 1 aliphatic heterocycles. The van der Waals surface area contributed by atoms with Gasteiger partial charge in [0.15, 0.2) is 0 Å². The molecule has 0 radical (unpaired) electrons. The van der Waals surface area contributed by atoms with Crippen molar-refractivity contribution in [2.45, 2.75) is 12.5 Å². The summed E-state index contributed by atoms with van der Waals surface area (Å²) in [7, 11) is 0. The average Bonchev–Trinajstić information content (AvgIpc) is 2.17. The zero-order valence-electron chi connectivity index (χ0n) is 4.09. The summed E-state index contributed by atoms with van der Waals surface area (Å²) in [6.45, 7) is 0.838. The summed E-state index contributed by atoms with van der Waals surface area (Å²) in [6.07, 6.45) is 1.73. The van der Waals surface area contributed by atoms with Crippen LogP contribution in [0, 0.1) is 5.92 Å². The van der Waals surface area contributed by atoms with Gasteiger partial charge in [-0.15, -0.1) is 0 Å². The summed E-state index contributed by atoms with van der Waals surface area (Å²) in [5, 5.41) is 0. The molecule has 1 heterocycles. The predicted molar refractivity (Wildman–Crippen MR) is 24.0 cm³/mol. The Labute approximate surface area is 42.1 Å². The van der Waals surface area contributed by atoms with Crippen molar-refractivity contribution in [3.8, 4) is 0 Å². The third kappa shape index (κ3) is 0.627. The lowest BCUT2D eigenvalue weighted by atomic mass is 10.5. The molecule has 2 atom stereocenters. The Morgan fingerprint density at radius 1 is 1.43 bits per heavy atom. The molecule has 0 bridgehead atoms. The summed E-state index contributed by atoms with van der Waals surface area (Å²) in [4.78, 5) is 9.33. The molecule has 1 saturated carbocycles. The lowest BCUT2D eigenvalue weighted by Crippen LogP contribution is -1.84. The van der Waals surface area contributed by atoms with Crippen molar-refractivity contribution in [1.82, 2.24) is 6.15 Å². The molecule has 0 aromatic heterocycles. The SMILES string of the molecule is C1OOC2CC12.N. The minimum Gasteiger partial charge on any atom is -0.344 e. The van der Waals surface area contributed by atoms with E-state index in [-0.39, 0.29) is 6.15 Å². The number of fused-ring (bicyclic) bond motifs is 1. The molecule has 3 nitrogen and oxygen atoms in total. The zero-order valence-corrected chi connectivity index (χ0v) is 4.09. The van der Waals surface area contributed by atoms with E-state index in [4.69, 9.17) is 4.89 Å². The third-order valence-corrected chi connectivity index (χ3v) is 1.33. The molecule has 7 heavy (non-hydrogen) atoms. The molecule has 0 aromatic rings. The molecule has 1 saturated heterocycles. The standard InChI is InChI=1S/C4H6O2.H3N/c1-3-2-5-6-4(1)3;/h3-4H,1-2H2;1H3. The van der Waals surface area contributed by atoms with Crippen molar-refractivity contribution in [3.05, 3.63) is 0 Å². The van der Waals surface area contributed by atoms with Crippen LogP contribution in [0.5, 0.6) is 0 Å². The van der Waals surface area contributed by atoms with E-state index >= 15 is 0 Å². The van der Waals surface area contributed by atoms with Gasteiger partial charge in [0.1, 0.15) is 0 Å². The second-order valence-electron chi connectivity index (χ2n) is 1.91. The summed E-state index contributed by atoms with van der Waals surface area (Å²) >= 11 is 0. The predicted octanol–water partition coefficient (Wildman–Crippen LogP) is 0.499. The maximum absolute atomic E-state index is 4.73. The van der Waals surface area contributed by atoms with Crippen LogP contribution in [0.4, 0.5) is 0 Å². The highest BCUT2D eigenvalue weighted by atomic mass is 17.2. The molecular weight excluding hydrogens is 94.0 g/mol. The fourth-order valence-electron chi connectivity index (χ4n) is 0.727. The van der Waals surface area contributed by atoms with E-state index in [1.54, 1.807) is 0 Å². The fourth-order valence-corrected chi connectivity index (χ4v) is 0.727. The van der Waals surface area contributed by atoms with Gasteiger partial charge in [-0.2, -0.15) is 0 Å². The van der Waals surface area contributed by atoms with E-state index in [2.05, 4.69) is 4.89 Å². The topological polar surface area (TPSA) is 53.5 Å². The minimum atomic E-state index is 0. The van der Waals surface area contributed by atoms with Gasteiger partial charge in [0.2, 0.25) is 0 Å². The highest BCUT2D eigenvalue weighted by molar-refractivity contribution is 4.88. The van der Waals surface area contributed by atoms with Gasteiger partial charge in [-0.05, 0) is 6.42 Å². The molecule has 0 amide bonds. The van der Waals surface area contributed by atoms with Crippen molar-refractivity contribution in [2.75, 3.05) is 6.61 Å². The Hall–Kier alpha value is -0.120. The van der Waals surface area contributed by atoms with Crippen LogP contribution >= 0.6 is 0 Å². The Balaban J connectivity index is 0.000000245. The van der Waals surface area contributed by atoms with E-state index in [1.807, 2.05) is 0 Å². The Bertz CT molecular complexity index is 68.1. The molecule has 2 rings (SSSR count). The van der Waals surface area contributed by atoms with Gasteiger partial charge in [0, 0.05) is 5.92 Å². The van der Waals surface area contributed by atoms with Crippen molar-refractivity contribution >= 4 is 0 Å². The Morgan fingerprint density at radius 2 is 2.29 bits per heavy atom. The van der Waals surface area contributed by atoms with Gasteiger partial charge in [-0.25, -0.2) is 9.78 Å². The highest BCUT2D eigenvalue weighted by Gasteiger charge is 2.44. The smallest absolute Gasteiger partial charge is 0.0986 e. The van der Waals surface area contributed by atoms with E-state index in [9.17, 15) is 0 Å². The molecule has 3 heteroatoms. The molecule has 0 aromatic carbocycles. The van der Waals surface area contributed by atoms with Crippen LogP contribution in [0.25, 0.3) is 0 Å². The third-order valence-electron chi connectivity index (χ3n) is 1.33. The van der Waals surface area contributed by atoms with E-state index in [0.717, 1.165) is 12.5 Å². The second-order valence-corrected chi connectivity index (χ2v) is 1.91. The van der Waals surface area contributed by atoms with Crippen LogP contribution in [0.1, 0.15) is 6.42 Å². The number of hydrogen-bond acceptors (Lipinski definition) is 3. The first-order chi connectivity index (χ1) is 2.97. The summed E-state index contributed by atoms with van der Waals surface area (Å²) in [5.41, 5.74) is 0. The van der Waals surface area contributed by atoms with Gasteiger partial charge in [0.05, 0.1) is 12.7 Å². The molecule has 3 N–H and O–H groups in total. The van der Waals surface area contributed by atoms with Crippen LogP contribution in [-0.4, -0.2) is 12.7 Å². The Morgan fingerprint density at radius 3 is 2.43 bits per heavy atom. The monoisotopic (exact) mass is 103 g/mol. The molecule has 1 aliphatic carbocycles. The zero-order chi connectivity index (χ0) is 3.98. The average molecular weight is 103 g/mol. The normalized spacial score (nSPS) is 44.6. The molecule has 2 unspecified atom stereocenters.